The molecule has 0 aliphatic rings. The molecule has 24 heavy (non-hydrogen) atoms. The summed E-state index contributed by atoms with van der Waals surface area (Å²) in [6.07, 6.45) is -0.0653. The summed E-state index contributed by atoms with van der Waals surface area (Å²) in [5, 5.41) is 16.1. The van der Waals surface area contributed by atoms with Crippen LogP contribution < -0.4 is 5.32 Å². The zero-order chi connectivity index (χ0) is 17.1. The van der Waals surface area contributed by atoms with E-state index in [4.69, 9.17) is 0 Å². The van der Waals surface area contributed by atoms with E-state index in [2.05, 4.69) is 10.3 Å². The SMILES string of the molecule is Cc1ccc(-c2csc(NC(=O)Cc3ccccc3[N+](=O)[O-])n2)s1. The van der Waals surface area contributed by atoms with Crippen LogP contribution in [-0.4, -0.2) is 15.8 Å². The van der Waals surface area contributed by atoms with Gasteiger partial charge >= 0.3 is 0 Å². The average Bonchev–Trinajstić information content (AvgIpc) is 3.16. The first-order chi connectivity index (χ1) is 11.5. The fraction of sp³-hybridized carbons (Fsp3) is 0.125. The lowest BCUT2D eigenvalue weighted by atomic mass is 10.1. The number of thiophene rings is 1. The Kier molecular flexibility index (Phi) is 4.68. The van der Waals surface area contributed by atoms with Crippen molar-refractivity contribution in [1.82, 2.24) is 4.98 Å². The third-order valence-electron chi connectivity index (χ3n) is 3.28. The number of rotatable bonds is 5. The highest BCUT2D eigenvalue weighted by molar-refractivity contribution is 7.17. The molecule has 1 amide bonds. The lowest BCUT2D eigenvalue weighted by Gasteiger charge is -2.03. The second kappa shape index (κ2) is 6.90. The van der Waals surface area contributed by atoms with Gasteiger partial charge in [-0.2, -0.15) is 0 Å². The highest BCUT2D eigenvalue weighted by Gasteiger charge is 2.16. The fourth-order valence-electron chi connectivity index (χ4n) is 2.19. The highest BCUT2D eigenvalue weighted by Crippen LogP contribution is 2.30. The number of nitro benzene ring substituents is 1. The van der Waals surface area contributed by atoms with Crippen molar-refractivity contribution in [3.05, 3.63) is 62.3 Å². The fourth-order valence-corrected chi connectivity index (χ4v) is 3.82. The number of hydrogen-bond donors (Lipinski definition) is 1. The Hall–Kier alpha value is -2.58. The standard InChI is InChI=1S/C16H13N3O3S2/c1-10-6-7-14(24-10)12-9-23-16(17-12)18-15(20)8-11-4-2-3-5-13(11)19(21)22/h2-7,9H,8H2,1H3,(H,17,18,20). The zero-order valence-electron chi connectivity index (χ0n) is 12.7. The number of hydrogen-bond acceptors (Lipinski definition) is 6. The second-order valence-electron chi connectivity index (χ2n) is 5.06. The predicted octanol–water partition coefficient (Wildman–Crippen LogP) is 4.27. The minimum Gasteiger partial charge on any atom is -0.302 e. The number of anilines is 1. The van der Waals surface area contributed by atoms with Crippen molar-refractivity contribution >= 4 is 39.4 Å². The van der Waals surface area contributed by atoms with Crippen LogP contribution in [0.15, 0.2) is 41.8 Å². The van der Waals surface area contributed by atoms with E-state index < -0.39 is 4.92 Å². The van der Waals surface area contributed by atoms with Gasteiger partial charge in [0.25, 0.3) is 5.69 Å². The summed E-state index contributed by atoms with van der Waals surface area (Å²) in [4.78, 5) is 29.3. The van der Waals surface area contributed by atoms with Crippen LogP contribution in [-0.2, 0) is 11.2 Å². The van der Waals surface area contributed by atoms with Gasteiger partial charge < -0.3 is 5.32 Å². The van der Waals surface area contributed by atoms with Crippen LogP contribution in [0, 0.1) is 17.0 Å². The maximum atomic E-state index is 12.1. The topological polar surface area (TPSA) is 85.1 Å². The van der Waals surface area contributed by atoms with E-state index in [-0.39, 0.29) is 18.0 Å². The third-order valence-corrected chi connectivity index (χ3v) is 5.06. The van der Waals surface area contributed by atoms with Gasteiger partial charge in [-0.25, -0.2) is 4.98 Å². The molecule has 0 bridgehead atoms. The molecule has 2 aromatic heterocycles. The molecule has 0 spiro atoms. The number of nitro groups is 1. The molecule has 0 atom stereocenters. The molecule has 8 heteroatoms. The molecule has 122 valence electrons. The molecule has 0 aliphatic heterocycles. The maximum absolute atomic E-state index is 12.1. The molecule has 0 fully saturated rings. The van der Waals surface area contributed by atoms with E-state index in [1.807, 2.05) is 24.4 Å². The Labute approximate surface area is 146 Å². The summed E-state index contributed by atoms with van der Waals surface area (Å²) in [6, 6.07) is 10.2. The first-order valence-corrected chi connectivity index (χ1v) is 8.77. The largest absolute Gasteiger partial charge is 0.302 e. The van der Waals surface area contributed by atoms with Crippen LogP contribution >= 0.6 is 22.7 Å². The number of para-hydroxylation sites is 1. The van der Waals surface area contributed by atoms with E-state index in [9.17, 15) is 14.9 Å². The molecule has 0 radical (unpaired) electrons. The van der Waals surface area contributed by atoms with Crippen LogP contribution in [0.3, 0.4) is 0 Å². The molecule has 0 unspecified atom stereocenters. The number of nitrogens with one attached hydrogen (secondary N) is 1. The minimum absolute atomic E-state index is 0.0541. The Morgan fingerprint density at radius 1 is 1.29 bits per heavy atom. The molecule has 6 nitrogen and oxygen atoms in total. The van der Waals surface area contributed by atoms with Gasteiger partial charge in [0.05, 0.1) is 21.9 Å². The van der Waals surface area contributed by atoms with Gasteiger partial charge in [0.1, 0.15) is 0 Å². The summed E-state index contributed by atoms with van der Waals surface area (Å²) in [5.41, 5.74) is 1.14. The number of amides is 1. The van der Waals surface area contributed by atoms with Crippen LogP contribution in [0.1, 0.15) is 10.4 Å². The molecule has 1 aromatic carbocycles. The van der Waals surface area contributed by atoms with Gasteiger partial charge in [-0.05, 0) is 19.1 Å². The normalized spacial score (nSPS) is 10.5. The van der Waals surface area contributed by atoms with Gasteiger partial charge in [0.2, 0.25) is 5.91 Å². The minimum atomic E-state index is -0.483. The Balaban J connectivity index is 1.70. The molecule has 0 saturated carbocycles. The van der Waals surface area contributed by atoms with Crippen molar-refractivity contribution in [2.45, 2.75) is 13.3 Å². The van der Waals surface area contributed by atoms with Crippen molar-refractivity contribution in [2.75, 3.05) is 5.32 Å². The summed E-state index contributed by atoms with van der Waals surface area (Å²) in [5.74, 6) is -0.326. The molecule has 2 heterocycles. The summed E-state index contributed by atoms with van der Waals surface area (Å²) in [6.45, 7) is 2.02. The number of aryl methyl sites for hydroxylation is 1. The summed E-state index contributed by atoms with van der Waals surface area (Å²) < 4.78 is 0. The van der Waals surface area contributed by atoms with E-state index in [1.54, 1.807) is 29.5 Å². The average molecular weight is 359 g/mol. The molecule has 0 aliphatic carbocycles. The van der Waals surface area contributed by atoms with E-state index in [1.165, 1.54) is 22.3 Å². The number of carbonyl (C=O) groups excluding carboxylic acids is 1. The van der Waals surface area contributed by atoms with E-state index in [0.717, 1.165) is 10.6 Å². The van der Waals surface area contributed by atoms with Gasteiger partial charge in [0.15, 0.2) is 5.13 Å². The lowest BCUT2D eigenvalue weighted by molar-refractivity contribution is -0.385. The van der Waals surface area contributed by atoms with Crippen molar-refractivity contribution in [3.8, 4) is 10.6 Å². The monoisotopic (exact) mass is 359 g/mol. The molecular weight excluding hydrogens is 346 g/mol. The highest BCUT2D eigenvalue weighted by atomic mass is 32.1. The van der Waals surface area contributed by atoms with Crippen LogP contribution in [0.2, 0.25) is 0 Å². The first-order valence-electron chi connectivity index (χ1n) is 7.07. The van der Waals surface area contributed by atoms with Crippen LogP contribution in [0.5, 0.6) is 0 Å². The van der Waals surface area contributed by atoms with Gasteiger partial charge in [-0.15, -0.1) is 22.7 Å². The van der Waals surface area contributed by atoms with Crippen LogP contribution in [0.25, 0.3) is 10.6 Å². The zero-order valence-corrected chi connectivity index (χ0v) is 14.3. The Bertz CT molecular complexity index is 901. The van der Waals surface area contributed by atoms with Gasteiger partial charge in [-0.3, -0.25) is 14.9 Å². The lowest BCUT2D eigenvalue weighted by Crippen LogP contribution is -2.15. The molecule has 1 N–H and O–H groups in total. The van der Waals surface area contributed by atoms with E-state index in [0.29, 0.717) is 10.7 Å². The number of benzene rings is 1. The van der Waals surface area contributed by atoms with E-state index >= 15 is 0 Å². The second-order valence-corrected chi connectivity index (χ2v) is 7.20. The Morgan fingerprint density at radius 3 is 2.79 bits per heavy atom. The number of carbonyl (C=O) groups is 1. The molecular formula is C16H13N3O3S2. The smallest absolute Gasteiger partial charge is 0.273 e. The van der Waals surface area contributed by atoms with Crippen molar-refractivity contribution in [2.24, 2.45) is 0 Å². The predicted molar refractivity (Wildman–Crippen MR) is 95.6 cm³/mol. The number of nitrogens with zero attached hydrogens (tertiary/aromatic N) is 2. The summed E-state index contributed by atoms with van der Waals surface area (Å²) in [7, 11) is 0. The van der Waals surface area contributed by atoms with Crippen LogP contribution in [0.4, 0.5) is 10.8 Å². The van der Waals surface area contributed by atoms with Gasteiger partial charge in [-0.1, -0.05) is 18.2 Å². The first kappa shape index (κ1) is 16.3. The Morgan fingerprint density at radius 2 is 2.08 bits per heavy atom. The maximum Gasteiger partial charge on any atom is 0.273 e. The molecule has 3 aromatic rings. The number of aromatic nitrogens is 1. The molecule has 0 saturated heterocycles. The van der Waals surface area contributed by atoms with Crippen molar-refractivity contribution in [1.29, 1.82) is 0 Å². The summed E-state index contributed by atoms with van der Waals surface area (Å²) >= 11 is 2.97. The van der Waals surface area contributed by atoms with Crippen molar-refractivity contribution in [3.63, 3.8) is 0 Å². The molecule has 3 rings (SSSR count). The quantitative estimate of drug-likeness (QED) is 0.544. The number of thiazole rings is 1. The third kappa shape index (κ3) is 3.66. The van der Waals surface area contributed by atoms with Gasteiger partial charge in [0, 0.05) is 21.9 Å². The van der Waals surface area contributed by atoms with Crippen molar-refractivity contribution < 1.29 is 9.72 Å².